The first-order chi connectivity index (χ1) is 11.8. The van der Waals surface area contributed by atoms with Crippen LogP contribution in [-0.4, -0.2) is 30.6 Å². The van der Waals surface area contributed by atoms with E-state index in [1.807, 2.05) is 53.3 Å². The molecule has 0 atom stereocenters. The highest BCUT2D eigenvalue weighted by Crippen LogP contribution is 2.33. The molecule has 3 heterocycles. The molecular formula is C17H12ClN5S. The molecule has 24 heavy (non-hydrogen) atoms. The van der Waals surface area contributed by atoms with Gasteiger partial charge in [-0.1, -0.05) is 53.7 Å². The van der Waals surface area contributed by atoms with Crippen LogP contribution in [0.2, 0.25) is 5.15 Å². The van der Waals surface area contributed by atoms with Gasteiger partial charge in [-0.05, 0) is 12.3 Å². The van der Waals surface area contributed by atoms with E-state index in [1.165, 1.54) is 11.8 Å². The Hall–Kier alpha value is -2.44. The second-order valence-corrected chi connectivity index (χ2v) is 6.15. The minimum Gasteiger partial charge on any atom is -0.293 e. The van der Waals surface area contributed by atoms with Gasteiger partial charge in [0, 0.05) is 24.2 Å². The maximum Gasteiger partial charge on any atom is 0.187 e. The van der Waals surface area contributed by atoms with E-state index in [0.717, 1.165) is 22.6 Å². The zero-order valence-electron chi connectivity index (χ0n) is 12.7. The fourth-order valence-corrected chi connectivity index (χ4v) is 3.11. The molecule has 0 unspecified atom stereocenters. The quantitative estimate of drug-likeness (QED) is 0.407. The minimum absolute atomic E-state index is 0.361. The van der Waals surface area contributed by atoms with E-state index in [1.54, 1.807) is 12.4 Å². The molecule has 0 radical (unpaired) electrons. The van der Waals surface area contributed by atoms with E-state index in [0.29, 0.717) is 16.0 Å². The summed E-state index contributed by atoms with van der Waals surface area (Å²) in [6.45, 7) is 0. The number of imidazole rings is 1. The third-order valence-electron chi connectivity index (χ3n) is 3.61. The molecule has 5 nitrogen and oxygen atoms in total. The third-order valence-corrected chi connectivity index (χ3v) is 4.43. The first-order valence-corrected chi connectivity index (χ1v) is 8.83. The van der Waals surface area contributed by atoms with Gasteiger partial charge in [0.25, 0.3) is 0 Å². The lowest BCUT2D eigenvalue weighted by atomic mass is 10.1. The zero-order valence-corrected chi connectivity index (χ0v) is 14.3. The van der Waals surface area contributed by atoms with Gasteiger partial charge in [-0.15, -0.1) is 0 Å². The van der Waals surface area contributed by atoms with Crippen molar-refractivity contribution < 1.29 is 0 Å². The Bertz CT molecular complexity index is 1020. The van der Waals surface area contributed by atoms with E-state index in [4.69, 9.17) is 16.6 Å². The maximum atomic E-state index is 6.24. The van der Waals surface area contributed by atoms with E-state index >= 15 is 0 Å². The smallest absolute Gasteiger partial charge is 0.187 e. The molecule has 0 N–H and O–H groups in total. The highest BCUT2D eigenvalue weighted by molar-refractivity contribution is 7.98. The van der Waals surface area contributed by atoms with Crippen molar-refractivity contribution >= 4 is 29.0 Å². The van der Waals surface area contributed by atoms with Crippen LogP contribution in [0.4, 0.5) is 0 Å². The molecule has 0 bridgehead atoms. The number of nitrogens with zero attached hydrogens (tertiary/aromatic N) is 5. The van der Waals surface area contributed by atoms with Crippen molar-refractivity contribution in [2.24, 2.45) is 0 Å². The molecular weight excluding hydrogens is 342 g/mol. The molecule has 1 aromatic carbocycles. The molecule has 118 valence electrons. The number of hydrogen-bond donors (Lipinski definition) is 0. The third kappa shape index (κ3) is 2.53. The molecule has 3 aromatic heterocycles. The lowest BCUT2D eigenvalue weighted by Gasteiger charge is -2.06. The van der Waals surface area contributed by atoms with Crippen LogP contribution in [-0.2, 0) is 0 Å². The predicted octanol–water partition coefficient (Wildman–Crippen LogP) is 4.23. The fraction of sp³-hybridized carbons (Fsp3) is 0.0588. The van der Waals surface area contributed by atoms with Gasteiger partial charge in [-0.25, -0.2) is 19.9 Å². The summed E-state index contributed by atoms with van der Waals surface area (Å²) in [5.74, 6) is 0. The number of hydrogen-bond acceptors (Lipinski definition) is 5. The van der Waals surface area contributed by atoms with Crippen LogP contribution in [0.1, 0.15) is 0 Å². The molecule has 0 aliphatic heterocycles. The molecule has 4 rings (SSSR count). The van der Waals surface area contributed by atoms with Crippen LogP contribution < -0.4 is 0 Å². The summed E-state index contributed by atoms with van der Waals surface area (Å²) >= 11 is 7.74. The predicted molar refractivity (Wildman–Crippen MR) is 96.2 cm³/mol. The Labute approximate surface area is 147 Å². The molecule has 0 amide bonds. The molecule has 0 fully saturated rings. The lowest BCUT2D eigenvalue weighted by Crippen LogP contribution is -1.95. The minimum atomic E-state index is 0.361. The first kappa shape index (κ1) is 15.1. The number of aromatic nitrogens is 5. The van der Waals surface area contributed by atoms with Gasteiger partial charge in [0.15, 0.2) is 16.0 Å². The fourth-order valence-electron chi connectivity index (χ4n) is 2.56. The Kier molecular flexibility index (Phi) is 3.92. The standard InChI is InChI=1S/C17H12ClN5S/c1-24-17-20-8-7-12(21-17)14-13(11-5-3-2-4-6-11)22-16-15(18)19-9-10-23(14)16/h2-10H,1H3. The van der Waals surface area contributed by atoms with Crippen LogP contribution in [0.3, 0.4) is 0 Å². The lowest BCUT2D eigenvalue weighted by molar-refractivity contribution is 0.967. The Balaban J connectivity index is 2.06. The van der Waals surface area contributed by atoms with Crippen LogP contribution in [0, 0.1) is 0 Å². The number of rotatable bonds is 3. The maximum absolute atomic E-state index is 6.24. The van der Waals surface area contributed by atoms with Gasteiger partial charge in [0.05, 0.1) is 17.1 Å². The summed E-state index contributed by atoms with van der Waals surface area (Å²) in [6.07, 6.45) is 7.21. The van der Waals surface area contributed by atoms with Gasteiger partial charge >= 0.3 is 0 Å². The van der Waals surface area contributed by atoms with Gasteiger partial charge in [0.1, 0.15) is 0 Å². The monoisotopic (exact) mass is 353 g/mol. The average molecular weight is 354 g/mol. The highest BCUT2D eigenvalue weighted by atomic mass is 35.5. The van der Waals surface area contributed by atoms with Gasteiger partial charge in [-0.2, -0.15) is 0 Å². The summed E-state index contributed by atoms with van der Waals surface area (Å²) in [6, 6.07) is 11.9. The molecule has 0 spiro atoms. The molecule has 0 saturated heterocycles. The Morgan fingerprint density at radius 3 is 2.62 bits per heavy atom. The van der Waals surface area contributed by atoms with Crippen LogP contribution in [0.15, 0.2) is 60.1 Å². The Morgan fingerprint density at radius 2 is 1.83 bits per heavy atom. The topological polar surface area (TPSA) is 56.0 Å². The first-order valence-electron chi connectivity index (χ1n) is 7.23. The number of benzene rings is 1. The summed E-state index contributed by atoms with van der Waals surface area (Å²) in [5, 5.41) is 1.07. The Morgan fingerprint density at radius 1 is 1.00 bits per heavy atom. The second kappa shape index (κ2) is 6.22. The van der Waals surface area contributed by atoms with Gasteiger partial charge in [0.2, 0.25) is 0 Å². The van der Waals surface area contributed by atoms with E-state index in [2.05, 4.69) is 15.0 Å². The second-order valence-electron chi connectivity index (χ2n) is 5.02. The van der Waals surface area contributed by atoms with Gasteiger partial charge in [-0.3, -0.25) is 4.40 Å². The van der Waals surface area contributed by atoms with Crippen molar-refractivity contribution in [3.63, 3.8) is 0 Å². The van der Waals surface area contributed by atoms with Crippen molar-refractivity contribution in [2.45, 2.75) is 5.16 Å². The van der Waals surface area contributed by atoms with E-state index in [9.17, 15) is 0 Å². The zero-order chi connectivity index (χ0) is 16.5. The number of fused-ring (bicyclic) bond motifs is 1. The number of thioether (sulfide) groups is 1. The van der Waals surface area contributed by atoms with E-state index in [-0.39, 0.29) is 0 Å². The molecule has 4 aromatic rings. The molecule has 0 saturated carbocycles. The van der Waals surface area contributed by atoms with Crippen molar-refractivity contribution in [2.75, 3.05) is 6.26 Å². The van der Waals surface area contributed by atoms with Crippen molar-refractivity contribution in [1.29, 1.82) is 0 Å². The van der Waals surface area contributed by atoms with Crippen LogP contribution >= 0.6 is 23.4 Å². The van der Waals surface area contributed by atoms with E-state index < -0.39 is 0 Å². The largest absolute Gasteiger partial charge is 0.293 e. The summed E-state index contributed by atoms with van der Waals surface area (Å²) in [4.78, 5) is 17.7. The van der Waals surface area contributed by atoms with Crippen molar-refractivity contribution in [1.82, 2.24) is 24.3 Å². The van der Waals surface area contributed by atoms with Crippen LogP contribution in [0.5, 0.6) is 0 Å². The summed E-state index contributed by atoms with van der Waals surface area (Å²) < 4.78 is 1.92. The molecule has 0 aliphatic rings. The van der Waals surface area contributed by atoms with Crippen molar-refractivity contribution in [3.8, 4) is 22.6 Å². The van der Waals surface area contributed by atoms with Crippen molar-refractivity contribution in [3.05, 3.63) is 60.1 Å². The summed E-state index contributed by atoms with van der Waals surface area (Å²) in [5.41, 5.74) is 4.09. The number of halogens is 1. The highest BCUT2D eigenvalue weighted by Gasteiger charge is 2.19. The normalized spacial score (nSPS) is 11.1. The average Bonchev–Trinajstić information content (AvgIpc) is 3.03. The van der Waals surface area contributed by atoms with Crippen LogP contribution in [0.25, 0.3) is 28.3 Å². The molecule has 0 aliphatic carbocycles. The van der Waals surface area contributed by atoms with Gasteiger partial charge < -0.3 is 0 Å². The summed E-state index contributed by atoms with van der Waals surface area (Å²) in [7, 11) is 0. The molecule has 7 heteroatoms. The SMILES string of the molecule is CSc1nccc(-c2c(-c3ccccc3)nc3c(Cl)nccn23)n1.